The molecule has 0 aliphatic carbocycles. The number of aryl methyl sites for hydroxylation is 3. The molecule has 1 fully saturated rings. The lowest BCUT2D eigenvalue weighted by molar-refractivity contribution is -0.122. The van der Waals surface area contributed by atoms with Crippen molar-refractivity contribution in [2.24, 2.45) is 0 Å². The largest absolute Gasteiger partial charge is 0.355 e. The first-order chi connectivity index (χ1) is 13.4. The van der Waals surface area contributed by atoms with E-state index in [0.29, 0.717) is 6.54 Å². The molecule has 3 rings (SSSR count). The van der Waals surface area contributed by atoms with E-state index in [1.54, 1.807) is 0 Å². The second kappa shape index (κ2) is 8.96. The highest BCUT2D eigenvalue weighted by Gasteiger charge is 2.25. The standard InChI is InChI=1S/C20H29N5O2S/c1-5-8-21-16(26)11-25-9-6-15(7-10-25)24-19(27)18-12(2)17-13(3)22-14(4)23-20(17)28-18/h15H,5-11H2,1-4H3,(H,21,26)(H,24,27). The van der Waals surface area contributed by atoms with Crippen molar-refractivity contribution in [1.82, 2.24) is 25.5 Å². The van der Waals surface area contributed by atoms with E-state index in [-0.39, 0.29) is 17.9 Å². The molecule has 1 saturated heterocycles. The van der Waals surface area contributed by atoms with Crippen LogP contribution in [0.5, 0.6) is 0 Å². The maximum absolute atomic E-state index is 12.9. The summed E-state index contributed by atoms with van der Waals surface area (Å²) in [6.45, 7) is 10.6. The summed E-state index contributed by atoms with van der Waals surface area (Å²) in [7, 11) is 0. The molecule has 2 amide bonds. The molecule has 0 saturated carbocycles. The Labute approximate surface area is 169 Å². The first-order valence-corrected chi connectivity index (χ1v) is 10.7. The van der Waals surface area contributed by atoms with Gasteiger partial charge in [0, 0.05) is 36.8 Å². The molecule has 28 heavy (non-hydrogen) atoms. The third kappa shape index (κ3) is 4.67. The Morgan fingerprint density at radius 2 is 1.89 bits per heavy atom. The maximum atomic E-state index is 12.9. The van der Waals surface area contributed by atoms with Crippen LogP contribution < -0.4 is 10.6 Å². The third-order valence-corrected chi connectivity index (χ3v) is 6.34. The second-order valence-corrected chi connectivity index (χ2v) is 8.47. The quantitative estimate of drug-likeness (QED) is 0.773. The molecule has 0 radical (unpaired) electrons. The summed E-state index contributed by atoms with van der Waals surface area (Å²) in [6.07, 6.45) is 2.66. The number of fused-ring (bicyclic) bond motifs is 1. The molecule has 2 aromatic rings. The van der Waals surface area contributed by atoms with Crippen LogP contribution in [0.2, 0.25) is 0 Å². The van der Waals surface area contributed by atoms with Gasteiger partial charge in [-0.1, -0.05) is 6.92 Å². The van der Waals surface area contributed by atoms with Crippen LogP contribution in [0, 0.1) is 20.8 Å². The zero-order valence-corrected chi connectivity index (χ0v) is 17.9. The molecule has 2 N–H and O–H groups in total. The summed E-state index contributed by atoms with van der Waals surface area (Å²) < 4.78 is 0. The Kier molecular flexibility index (Phi) is 6.61. The summed E-state index contributed by atoms with van der Waals surface area (Å²) in [5.74, 6) is 0.780. The predicted molar refractivity (Wildman–Crippen MR) is 112 cm³/mol. The van der Waals surface area contributed by atoms with Gasteiger partial charge in [0.2, 0.25) is 5.91 Å². The van der Waals surface area contributed by atoms with Crippen molar-refractivity contribution in [2.45, 2.75) is 53.0 Å². The molecule has 0 bridgehead atoms. The molecule has 0 aromatic carbocycles. The number of hydrogen-bond acceptors (Lipinski definition) is 6. The van der Waals surface area contributed by atoms with Gasteiger partial charge >= 0.3 is 0 Å². The van der Waals surface area contributed by atoms with Crippen LogP contribution in [-0.4, -0.2) is 58.9 Å². The van der Waals surface area contributed by atoms with Crippen LogP contribution >= 0.6 is 11.3 Å². The summed E-state index contributed by atoms with van der Waals surface area (Å²) in [5.41, 5.74) is 1.88. The van der Waals surface area contributed by atoms with Gasteiger partial charge in [-0.05, 0) is 45.6 Å². The van der Waals surface area contributed by atoms with Gasteiger partial charge in [-0.25, -0.2) is 9.97 Å². The third-order valence-electron chi connectivity index (χ3n) is 5.15. The zero-order chi connectivity index (χ0) is 20.3. The molecule has 3 heterocycles. The van der Waals surface area contributed by atoms with Gasteiger partial charge in [0.1, 0.15) is 10.7 Å². The van der Waals surface area contributed by atoms with Gasteiger partial charge in [-0.3, -0.25) is 14.5 Å². The van der Waals surface area contributed by atoms with E-state index in [0.717, 1.165) is 71.1 Å². The Hall–Kier alpha value is -2.06. The second-order valence-electron chi connectivity index (χ2n) is 7.47. The number of nitrogens with zero attached hydrogens (tertiary/aromatic N) is 3. The highest BCUT2D eigenvalue weighted by Crippen LogP contribution is 2.31. The van der Waals surface area contributed by atoms with Crippen LogP contribution in [0.4, 0.5) is 0 Å². The van der Waals surface area contributed by atoms with Crippen molar-refractivity contribution in [1.29, 1.82) is 0 Å². The predicted octanol–water partition coefficient (Wildman–Crippen LogP) is 2.34. The van der Waals surface area contributed by atoms with Crippen molar-refractivity contribution in [3.63, 3.8) is 0 Å². The minimum atomic E-state index is -0.0308. The summed E-state index contributed by atoms with van der Waals surface area (Å²) in [6, 6.07) is 0.140. The fourth-order valence-corrected chi connectivity index (χ4v) is 4.88. The number of amides is 2. The fraction of sp³-hybridized carbons (Fsp3) is 0.600. The Morgan fingerprint density at radius 3 is 2.57 bits per heavy atom. The molecule has 1 aliphatic rings. The minimum Gasteiger partial charge on any atom is -0.355 e. The molecular weight excluding hydrogens is 374 g/mol. The van der Waals surface area contributed by atoms with Crippen molar-refractivity contribution in [2.75, 3.05) is 26.2 Å². The number of rotatable bonds is 6. The van der Waals surface area contributed by atoms with E-state index in [9.17, 15) is 9.59 Å². The number of hydrogen-bond donors (Lipinski definition) is 2. The molecule has 2 aromatic heterocycles. The van der Waals surface area contributed by atoms with E-state index in [1.165, 1.54) is 11.3 Å². The number of carbonyl (C=O) groups excluding carboxylic acids is 2. The monoisotopic (exact) mass is 403 g/mol. The Balaban J connectivity index is 1.58. The average Bonchev–Trinajstić information content (AvgIpc) is 2.98. The smallest absolute Gasteiger partial charge is 0.261 e. The summed E-state index contributed by atoms with van der Waals surface area (Å²) in [5, 5.41) is 7.08. The molecule has 7 nitrogen and oxygen atoms in total. The van der Waals surface area contributed by atoms with E-state index < -0.39 is 0 Å². The van der Waals surface area contributed by atoms with Crippen molar-refractivity contribution in [3.8, 4) is 0 Å². The van der Waals surface area contributed by atoms with E-state index >= 15 is 0 Å². The molecule has 8 heteroatoms. The number of piperidine rings is 1. The van der Waals surface area contributed by atoms with Gasteiger partial charge < -0.3 is 10.6 Å². The number of carbonyl (C=O) groups is 2. The molecule has 0 atom stereocenters. The van der Waals surface area contributed by atoms with Gasteiger partial charge in [0.25, 0.3) is 5.91 Å². The van der Waals surface area contributed by atoms with E-state index in [2.05, 4.69) is 25.5 Å². The number of aromatic nitrogens is 2. The zero-order valence-electron chi connectivity index (χ0n) is 17.1. The van der Waals surface area contributed by atoms with Crippen molar-refractivity contribution < 1.29 is 9.59 Å². The van der Waals surface area contributed by atoms with Crippen LogP contribution in [0.3, 0.4) is 0 Å². The summed E-state index contributed by atoms with van der Waals surface area (Å²) in [4.78, 5) is 37.4. The Morgan fingerprint density at radius 1 is 1.18 bits per heavy atom. The minimum absolute atomic E-state index is 0.0308. The van der Waals surface area contributed by atoms with Crippen molar-refractivity contribution >= 4 is 33.4 Å². The van der Waals surface area contributed by atoms with Gasteiger partial charge in [0.15, 0.2) is 0 Å². The number of likely N-dealkylation sites (tertiary alicyclic amines) is 1. The first kappa shape index (κ1) is 20.7. The van der Waals surface area contributed by atoms with Gasteiger partial charge in [-0.15, -0.1) is 11.3 Å². The molecular formula is C20H29N5O2S. The SMILES string of the molecule is CCCNC(=O)CN1CCC(NC(=O)c2sc3nc(C)nc(C)c3c2C)CC1. The lowest BCUT2D eigenvalue weighted by atomic mass is 10.0. The molecule has 1 aliphatic heterocycles. The first-order valence-electron chi connectivity index (χ1n) is 9.93. The Bertz CT molecular complexity index is 871. The topological polar surface area (TPSA) is 87.2 Å². The fourth-order valence-electron chi connectivity index (χ4n) is 3.70. The normalized spacial score (nSPS) is 15.7. The van der Waals surface area contributed by atoms with Gasteiger partial charge in [-0.2, -0.15) is 0 Å². The molecule has 0 spiro atoms. The molecule has 0 unspecified atom stereocenters. The maximum Gasteiger partial charge on any atom is 0.261 e. The number of nitrogens with one attached hydrogen (secondary N) is 2. The average molecular weight is 404 g/mol. The van der Waals surface area contributed by atoms with E-state index in [4.69, 9.17) is 0 Å². The van der Waals surface area contributed by atoms with Crippen LogP contribution in [0.25, 0.3) is 10.2 Å². The van der Waals surface area contributed by atoms with Crippen molar-refractivity contribution in [3.05, 3.63) is 22.0 Å². The highest BCUT2D eigenvalue weighted by molar-refractivity contribution is 7.20. The van der Waals surface area contributed by atoms with E-state index in [1.807, 2.05) is 27.7 Å². The highest BCUT2D eigenvalue weighted by atomic mass is 32.1. The lowest BCUT2D eigenvalue weighted by Gasteiger charge is -2.31. The van der Waals surface area contributed by atoms with Crippen LogP contribution in [0.15, 0.2) is 0 Å². The summed E-state index contributed by atoms with van der Waals surface area (Å²) >= 11 is 1.44. The molecule has 152 valence electrons. The lowest BCUT2D eigenvalue weighted by Crippen LogP contribution is -2.47. The van der Waals surface area contributed by atoms with Gasteiger partial charge in [0.05, 0.1) is 11.4 Å². The van der Waals surface area contributed by atoms with Crippen LogP contribution in [0.1, 0.15) is 52.9 Å². The number of thiophene rings is 1. The van der Waals surface area contributed by atoms with Crippen LogP contribution in [-0.2, 0) is 4.79 Å².